The predicted octanol–water partition coefficient (Wildman–Crippen LogP) is 5.28. The van der Waals surface area contributed by atoms with E-state index in [1.165, 1.54) is 4.90 Å². The Kier molecular flexibility index (Phi) is 15.1. The number of hydrogen-bond acceptors (Lipinski definition) is 7. The Morgan fingerprint density at radius 1 is 0.833 bits per heavy atom. The Hall–Kier alpha value is -4.41. The fourth-order valence-electron chi connectivity index (χ4n) is 5.07. The number of rotatable bonds is 16. The van der Waals surface area contributed by atoms with Gasteiger partial charge in [0.1, 0.15) is 29.3 Å². The first-order chi connectivity index (χ1) is 22.4. The maximum absolute atomic E-state index is 14.5. The maximum Gasteiger partial charge on any atom is 0.408 e. The number of nitrogens with one attached hydrogen (secondary N) is 2. The van der Waals surface area contributed by atoms with E-state index in [0.717, 1.165) is 24.0 Å². The molecule has 0 aliphatic heterocycles. The van der Waals surface area contributed by atoms with E-state index in [0.29, 0.717) is 12.0 Å². The van der Waals surface area contributed by atoms with Crippen LogP contribution in [0.5, 0.6) is 0 Å². The van der Waals surface area contributed by atoms with Gasteiger partial charge in [-0.3, -0.25) is 14.4 Å². The number of nitrogens with zero attached hydrogens (tertiary/aromatic N) is 1. The van der Waals surface area contributed by atoms with Crippen LogP contribution < -0.4 is 16.4 Å². The highest BCUT2D eigenvalue weighted by atomic mass is 16.6. The van der Waals surface area contributed by atoms with E-state index >= 15 is 0 Å². The number of ether oxygens (including phenoxy) is 2. The molecule has 2 rings (SSSR count). The number of aryl methyl sites for hydroxylation is 1. The first kappa shape index (κ1) is 39.8. The normalized spacial score (nSPS) is 13.4. The summed E-state index contributed by atoms with van der Waals surface area (Å²) in [5.41, 5.74) is 5.97. The molecule has 4 N–H and O–H groups in total. The van der Waals surface area contributed by atoms with Crippen molar-refractivity contribution in [2.75, 3.05) is 6.54 Å². The van der Waals surface area contributed by atoms with Gasteiger partial charge in [-0.25, -0.2) is 9.59 Å². The lowest BCUT2D eigenvalue weighted by molar-refractivity contribution is -0.159. The van der Waals surface area contributed by atoms with E-state index in [1.54, 1.807) is 53.7 Å². The first-order valence-electron chi connectivity index (χ1n) is 16.6. The summed E-state index contributed by atoms with van der Waals surface area (Å²) >= 11 is 0. The second kappa shape index (κ2) is 18.2. The molecule has 0 fully saturated rings. The Balaban J connectivity index is 2.63. The summed E-state index contributed by atoms with van der Waals surface area (Å²) < 4.78 is 11.1. The highest BCUT2D eigenvalue weighted by Crippen LogP contribution is 2.26. The Morgan fingerprint density at radius 3 is 2.04 bits per heavy atom. The zero-order valence-corrected chi connectivity index (χ0v) is 29.8. The summed E-state index contributed by atoms with van der Waals surface area (Å²) in [5, 5.41) is 5.51. The highest BCUT2D eigenvalue weighted by Gasteiger charge is 2.38. The van der Waals surface area contributed by atoms with Gasteiger partial charge < -0.3 is 30.7 Å². The Labute approximate surface area is 285 Å². The number of hydrogen-bond donors (Lipinski definition) is 3. The van der Waals surface area contributed by atoms with Crippen LogP contribution in [0.3, 0.4) is 0 Å². The van der Waals surface area contributed by atoms with E-state index in [1.807, 2.05) is 56.3 Å². The van der Waals surface area contributed by atoms with Crippen molar-refractivity contribution in [1.82, 2.24) is 15.5 Å². The third-order valence-corrected chi connectivity index (χ3v) is 7.16. The van der Waals surface area contributed by atoms with Crippen LogP contribution in [0.15, 0.2) is 54.6 Å². The molecule has 0 saturated heterocycles. The van der Waals surface area contributed by atoms with E-state index in [-0.39, 0.29) is 25.8 Å². The van der Waals surface area contributed by atoms with Crippen LogP contribution in [0.25, 0.3) is 0 Å². The third kappa shape index (κ3) is 14.1. The minimum atomic E-state index is -1.22. The highest BCUT2D eigenvalue weighted by molar-refractivity contribution is 5.94. The van der Waals surface area contributed by atoms with Gasteiger partial charge in [0.05, 0.1) is 0 Å². The Morgan fingerprint density at radius 2 is 1.48 bits per heavy atom. The summed E-state index contributed by atoms with van der Waals surface area (Å²) in [6.45, 7) is 14.4. The topological polar surface area (TPSA) is 157 Å². The smallest absolute Gasteiger partial charge is 0.408 e. The molecule has 0 bridgehead atoms. The van der Waals surface area contributed by atoms with Gasteiger partial charge in [-0.2, -0.15) is 0 Å². The minimum absolute atomic E-state index is 0.103. The van der Waals surface area contributed by atoms with Gasteiger partial charge in [-0.1, -0.05) is 79.9 Å². The molecule has 2 aromatic rings. The van der Waals surface area contributed by atoms with Crippen LogP contribution in [0.4, 0.5) is 4.79 Å². The molecule has 3 atom stereocenters. The van der Waals surface area contributed by atoms with Crippen LogP contribution in [-0.2, 0) is 35.1 Å². The fraction of sp³-hybridized carbons (Fsp3) is 0.541. The molecule has 0 aliphatic rings. The largest absolute Gasteiger partial charge is 0.458 e. The molecule has 48 heavy (non-hydrogen) atoms. The number of benzene rings is 2. The number of carbonyl (C=O) groups is 5. The van der Waals surface area contributed by atoms with Crippen LogP contribution in [-0.4, -0.2) is 64.5 Å². The molecule has 0 saturated carbocycles. The van der Waals surface area contributed by atoms with Crippen molar-refractivity contribution in [3.8, 4) is 0 Å². The number of unbranched alkanes of at least 4 members (excludes halogenated alkanes) is 2. The molecule has 3 unspecified atom stereocenters. The first-order valence-corrected chi connectivity index (χ1v) is 16.6. The van der Waals surface area contributed by atoms with Gasteiger partial charge in [-0.05, 0) is 72.4 Å². The van der Waals surface area contributed by atoms with E-state index < -0.39 is 59.1 Å². The van der Waals surface area contributed by atoms with Gasteiger partial charge in [0.25, 0.3) is 0 Å². The molecule has 0 spiro atoms. The minimum Gasteiger partial charge on any atom is -0.458 e. The van der Waals surface area contributed by atoms with E-state index in [2.05, 4.69) is 10.6 Å². The molecular formula is C37H54N4O7. The molecule has 4 amide bonds. The molecule has 0 aromatic heterocycles. The maximum atomic E-state index is 14.5. The van der Waals surface area contributed by atoms with Crippen molar-refractivity contribution in [1.29, 1.82) is 0 Å². The number of alkyl carbamates (subject to hydrolysis) is 1. The standard InChI is InChI=1S/C37H54N4O7/c1-9-10-14-22-41(33(44)28(20-21-30(38)42)40-35(46)48-37(6,7)8)31(27-19-15-16-25(2)23-27)32(43)39-29(34(45)47-36(3,4)5)24-26-17-12-11-13-18-26/h11-13,15-19,23,28-29,31H,9-10,14,20-22,24H2,1-8H3,(H2,38,42)(H,39,43)(H,40,46). The number of nitrogens with two attached hydrogens (primary N) is 1. The lowest BCUT2D eigenvalue weighted by Gasteiger charge is -2.35. The second-order valence-corrected chi connectivity index (χ2v) is 14.0. The molecule has 264 valence electrons. The van der Waals surface area contributed by atoms with Gasteiger partial charge in [0, 0.05) is 19.4 Å². The monoisotopic (exact) mass is 666 g/mol. The van der Waals surface area contributed by atoms with Gasteiger partial charge in [-0.15, -0.1) is 0 Å². The van der Waals surface area contributed by atoms with Crippen LogP contribution >= 0.6 is 0 Å². The van der Waals surface area contributed by atoms with E-state index in [9.17, 15) is 24.0 Å². The molecule has 11 nitrogen and oxygen atoms in total. The zero-order chi connectivity index (χ0) is 36.1. The summed E-state index contributed by atoms with van der Waals surface area (Å²) in [6.07, 6.45) is 1.21. The van der Waals surface area contributed by atoms with Gasteiger partial charge in [0.15, 0.2) is 0 Å². The van der Waals surface area contributed by atoms with Crippen LogP contribution in [0.2, 0.25) is 0 Å². The SMILES string of the molecule is CCCCCN(C(=O)C(CCC(N)=O)NC(=O)OC(C)(C)C)C(C(=O)NC(Cc1ccccc1)C(=O)OC(C)(C)C)c1cccc(C)c1. The molecular weight excluding hydrogens is 612 g/mol. The van der Waals surface area contributed by atoms with Gasteiger partial charge >= 0.3 is 12.1 Å². The lowest BCUT2D eigenvalue weighted by atomic mass is 9.98. The zero-order valence-electron chi connectivity index (χ0n) is 29.8. The number of primary amides is 1. The fourth-order valence-corrected chi connectivity index (χ4v) is 5.07. The number of carbonyl (C=O) groups excluding carboxylic acids is 5. The van der Waals surface area contributed by atoms with Crippen molar-refractivity contribution >= 4 is 29.8 Å². The molecule has 0 heterocycles. The molecule has 0 radical (unpaired) electrons. The van der Waals surface area contributed by atoms with Crippen molar-refractivity contribution in [2.24, 2.45) is 5.73 Å². The number of amides is 4. The third-order valence-electron chi connectivity index (χ3n) is 7.16. The van der Waals surface area contributed by atoms with Crippen LogP contribution in [0, 0.1) is 6.92 Å². The summed E-state index contributed by atoms with van der Waals surface area (Å²) in [5.74, 6) is -2.44. The summed E-state index contributed by atoms with van der Waals surface area (Å²) in [6, 6.07) is 13.0. The predicted molar refractivity (Wildman–Crippen MR) is 185 cm³/mol. The summed E-state index contributed by atoms with van der Waals surface area (Å²) in [4.78, 5) is 68.6. The van der Waals surface area contributed by atoms with Crippen molar-refractivity contribution in [3.63, 3.8) is 0 Å². The van der Waals surface area contributed by atoms with Crippen molar-refractivity contribution < 1.29 is 33.4 Å². The summed E-state index contributed by atoms with van der Waals surface area (Å²) in [7, 11) is 0. The molecule has 11 heteroatoms. The second-order valence-electron chi connectivity index (χ2n) is 14.0. The molecule has 0 aliphatic carbocycles. The van der Waals surface area contributed by atoms with Crippen LogP contribution in [0.1, 0.15) is 103 Å². The quantitative estimate of drug-likeness (QED) is 0.162. The van der Waals surface area contributed by atoms with Crippen molar-refractivity contribution in [2.45, 2.75) is 123 Å². The Bertz CT molecular complexity index is 1380. The van der Waals surface area contributed by atoms with Gasteiger partial charge in [0.2, 0.25) is 17.7 Å². The van der Waals surface area contributed by atoms with E-state index in [4.69, 9.17) is 15.2 Å². The average Bonchev–Trinajstić information content (AvgIpc) is 2.96. The number of esters is 1. The van der Waals surface area contributed by atoms with Crippen molar-refractivity contribution in [3.05, 3.63) is 71.3 Å². The lowest BCUT2D eigenvalue weighted by Crippen LogP contribution is -2.55. The average molecular weight is 667 g/mol. The molecule has 2 aromatic carbocycles.